The maximum Gasteiger partial charge on any atom is 0.472 e. The van der Waals surface area contributed by atoms with Crippen LogP contribution in [0.3, 0.4) is 0 Å². The van der Waals surface area contributed by atoms with E-state index in [9.17, 15) is 28.9 Å². The molecule has 0 spiro atoms. The Morgan fingerprint density at radius 1 is 0.372 bits per heavy atom. The van der Waals surface area contributed by atoms with Crippen LogP contribution in [0.1, 0.15) is 278 Å². The highest BCUT2D eigenvalue weighted by Crippen LogP contribution is 2.43. The highest BCUT2D eigenvalue weighted by molar-refractivity contribution is 7.47. The summed E-state index contributed by atoms with van der Waals surface area (Å²) in [6.45, 7) is 4.47. The van der Waals surface area contributed by atoms with Crippen molar-refractivity contribution in [3.63, 3.8) is 0 Å². The molecular weight excluding hydrogens is 1000 g/mol. The number of hydrogen-bond donors (Lipinski definition) is 2. The van der Waals surface area contributed by atoms with Crippen LogP contribution in [0.4, 0.5) is 0 Å². The Kier molecular flexibility index (Phi) is 57.2. The van der Waals surface area contributed by atoms with Gasteiger partial charge in [0, 0.05) is 19.3 Å². The molecule has 78 heavy (non-hydrogen) atoms. The third-order valence-corrected chi connectivity index (χ3v) is 14.2. The first-order valence-electron chi connectivity index (χ1n) is 31.5. The second kappa shape index (κ2) is 59.8. The van der Waals surface area contributed by atoms with Gasteiger partial charge in [-0.25, -0.2) is 4.57 Å². The molecule has 0 aliphatic heterocycles. The molecule has 0 aromatic rings. The van der Waals surface area contributed by atoms with Crippen LogP contribution in [-0.4, -0.2) is 66.5 Å². The lowest BCUT2D eigenvalue weighted by molar-refractivity contribution is -0.161. The maximum absolute atomic E-state index is 13.0. The SMILES string of the molecule is CC/C=C\C/C=C\C/C=C\C/C=C\CCCCC(=O)OC(CO)COP(=O)(O)OCC(COC(=O)CCCCCCCCC/C=C\C/C=C\CCCCC)OC(=O)CCCCCCCCCCC/C=C\CCCCCCCC. The molecule has 0 rings (SSSR count). The molecule has 11 nitrogen and oxygen atoms in total. The van der Waals surface area contributed by atoms with E-state index in [2.05, 4.69) is 106 Å². The molecule has 0 amide bonds. The van der Waals surface area contributed by atoms with Gasteiger partial charge in [0.2, 0.25) is 0 Å². The molecular formula is C66H115O11P. The Morgan fingerprint density at radius 2 is 0.667 bits per heavy atom. The van der Waals surface area contributed by atoms with E-state index in [1.807, 2.05) is 0 Å². The second-order valence-electron chi connectivity index (χ2n) is 20.8. The van der Waals surface area contributed by atoms with Crippen molar-refractivity contribution in [2.75, 3.05) is 26.4 Å². The average Bonchev–Trinajstić information content (AvgIpc) is 3.43. The number of hydrogen-bond acceptors (Lipinski definition) is 10. The van der Waals surface area contributed by atoms with Crippen LogP contribution in [0.2, 0.25) is 0 Å². The van der Waals surface area contributed by atoms with Crippen LogP contribution < -0.4 is 0 Å². The minimum Gasteiger partial charge on any atom is -0.462 e. The quantitative estimate of drug-likeness (QED) is 0.0197. The summed E-state index contributed by atoms with van der Waals surface area (Å²) >= 11 is 0. The first-order chi connectivity index (χ1) is 38.2. The second-order valence-corrected chi connectivity index (χ2v) is 22.3. The average molecular weight is 1120 g/mol. The van der Waals surface area contributed by atoms with Gasteiger partial charge in [0.05, 0.1) is 19.8 Å². The highest BCUT2D eigenvalue weighted by atomic mass is 31.2. The molecule has 450 valence electrons. The van der Waals surface area contributed by atoms with Crippen molar-refractivity contribution >= 4 is 25.7 Å². The monoisotopic (exact) mass is 1110 g/mol. The van der Waals surface area contributed by atoms with Gasteiger partial charge in [-0.2, -0.15) is 0 Å². The molecule has 0 heterocycles. The first kappa shape index (κ1) is 74.7. The third-order valence-electron chi connectivity index (χ3n) is 13.3. The Bertz CT molecular complexity index is 1630. The summed E-state index contributed by atoms with van der Waals surface area (Å²) in [6, 6.07) is 0. The number of unbranched alkanes of at least 4 members (excludes halogenated alkanes) is 27. The zero-order valence-corrected chi connectivity index (χ0v) is 50.8. The highest BCUT2D eigenvalue weighted by Gasteiger charge is 2.28. The number of phosphoric acid groups is 1. The van der Waals surface area contributed by atoms with E-state index >= 15 is 0 Å². The summed E-state index contributed by atoms with van der Waals surface area (Å²) in [5.41, 5.74) is 0. The maximum atomic E-state index is 13.0. The molecule has 0 fully saturated rings. The Hall–Kier alpha value is -3.34. The lowest BCUT2D eigenvalue weighted by Crippen LogP contribution is -2.30. The molecule has 3 unspecified atom stereocenters. The van der Waals surface area contributed by atoms with Gasteiger partial charge in [-0.1, -0.05) is 228 Å². The number of ether oxygens (including phenoxy) is 3. The van der Waals surface area contributed by atoms with E-state index in [4.69, 9.17) is 23.3 Å². The van der Waals surface area contributed by atoms with Gasteiger partial charge < -0.3 is 24.2 Å². The fourth-order valence-corrected chi connectivity index (χ4v) is 9.27. The predicted octanol–water partition coefficient (Wildman–Crippen LogP) is 19.0. The van der Waals surface area contributed by atoms with Crippen molar-refractivity contribution in [3.8, 4) is 0 Å². The summed E-state index contributed by atoms with van der Waals surface area (Å²) < 4.78 is 39.6. The molecule has 0 bridgehead atoms. The number of carbonyl (C=O) groups excluding carboxylic acids is 3. The molecule has 3 atom stereocenters. The molecule has 0 aromatic heterocycles. The smallest absolute Gasteiger partial charge is 0.462 e. The molecule has 0 saturated heterocycles. The van der Waals surface area contributed by atoms with Gasteiger partial charge in [-0.15, -0.1) is 0 Å². The fraction of sp³-hybridized carbons (Fsp3) is 0.742. The van der Waals surface area contributed by atoms with Gasteiger partial charge in [0.1, 0.15) is 12.7 Å². The Balaban J connectivity index is 4.76. The third kappa shape index (κ3) is 57.3. The zero-order chi connectivity index (χ0) is 56.9. The van der Waals surface area contributed by atoms with Crippen LogP contribution in [-0.2, 0) is 42.2 Å². The van der Waals surface area contributed by atoms with Crippen LogP contribution in [0, 0.1) is 0 Å². The molecule has 12 heteroatoms. The van der Waals surface area contributed by atoms with Crippen LogP contribution in [0.15, 0.2) is 85.1 Å². The van der Waals surface area contributed by atoms with E-state index in [0.29, 0.717) is 19.3 Å². The summed E-state index contributed by atoms with van der Waals surface area (Å²) in [6.07, 6.45) is 69.6. The van der Waals surface area contributed by atoms with Crippen LogP contribution in [0.5, 0.6) is 0 Å². The number of rotatable bonds is 58. The summed E-state index contributed by atoms with van der Waals surface area (Å²) in [5.74, 6) is -1.51. The number of aliphatic hydroxyl groups is 1. The van der Waals surface area contributed by atoms with Crippen molar-refractivity contribution in [1.82, 2.24) is 0 Å². The minimum absolute atomic E-state index is 0.122. The Labute approximate surface area is 477 Å². The Morgan fingerprint density at radius 3 is 1.09 bits per heavy atom. The number of esters is 3. The fourth-order valence-electron chi connectivity index (χ4n) is 8.49. The largest absolute Gasteiger partial charge is 0.472 e. The topological polar surface area (TPSA) is 155 Å². The van der Waals surface area contributed by atoms with E-state index < -0.39 is 57.8 Å². The van der Waals surface area contributed by atoms with E-state index in [1.165, 1.54) is 128 Å². The number of carbonyl (C=O) groups is 3. The van der Waals surface area contributed by atoms with Gasteiger partial charge in [-0.05, 0) is 116 Å². The van der Waals surface area contributed by atoms with Gasteiger partial charge in [-0.3, -0.25) is 23.4 Å². The minimum atomic E-state index is -4.77. The van der Waals surface area contributed by atoms with Crippen molar-refractivity contribution < 1.29 is 52.2 Å². The van der Waals surface area contributed by atoms with Crippen molar-refractivity contribution in [1.29, 1.82) is 0 Å². The summed E-state index contributed by atoms with van der Waals surface area (Å²) in [7, 11) is -4.77. The molecule has 0 radical (unpaired) electrons. The molecule has 0 saturated carbocycles. The lowest BCUT2D eigenvalue weighted by Gasteiger charge is -2.21. The van der Waals surface area contributed by atoms with Crippen molar-refractivity contribution in [3.05, 3.63) is 85.1 Å². The van der Waals surface area contributed by atoms with E-state index in [-0.39, 0.29) is 25.9 Å². The predicted molar refractivity (Wildman–Crippen MR) is 325 cm³/mol. The summed E-state index contributed by atoms with van der Waals surface area (Å²) in [5, 5.41) is 9.83. The summed E-state index contributed by atoms with van der Waals surface area (Å²) in [4.78, 5) is 48.7. The number of allylic oxidation sites excluding steroid dienone is 14. The van der Waals surface area contributed by atoms with Crippen molar-refractivity contribution in [2.24, 2.45) is 0 Å². The molecule has 0 aliphatic rings. The van der Waals surface area contributed by atoms with Gasteiger partial charge in [0.15, 0.2) is 6.10 Å². The molecule has 2 N–H and O–H groups in total. The number of phosphoric ester groups is 1. The first-order valence-corrected chi connectivity index (χ1v) is 33.0. The zero-order valence-electron chi connectivity index (χ0n) is 49.9. The normalized spacial score (nSPS) is 13.9. The molecule has 0 aromatic carbocycles. The standard InChI is InChI=1S/C66H115O11P/c1-4-7-10-13-16-19-22-25-28-30-31-33-36-39-42-45-48-51-54-57-66(70)77-63(59-73-64(68)55-52-49-46-43-40-37-35-32-29-26-23-20-17-14-11-8-5-2)61-75-78(71,72)74-60-62(58-67)76-65(69)56-53-50-47-44-41-38-34-27-24-21-18-15-12-9-6-3/h9,12,17-18,20-21,25-29,34,41,44,62-63,67H,4-8,10-11,13-16,19,22-24,30-33,35-40,42-43,45-61H2,1-3H3,(H,71,72)/b12-9-,20-17-,21-18-,28-25-,29-26-,34-27-,44-41-. The number of aliphatic hydroxyl groups excluding tert-OH is 1. The van der Waals surface area contributed by atoms with Crippen molar-refractivity contribution in [2.45, 2.75) is 290 Å². The van der Waals surface area contributed by atoms with Gasteiger partial charge in [0.25, 0.3) is 0 Å². The van der Waals surface area contributed by atoms with E-state index in [1.54, 1.807) is 0 Å². The van der Waals surface area contributed by atoms with E-state index in [0.717, 1.165) is 89.9 Å². The molecule has 0 aliphatic carbocycles. The van der Waals surface area contributed by atoms with Crippen LogP contribution in [0.25, 0.3) is 0 Å². The van der Waals surface area contributed by atoms with Gasteiger partial charge >= 0.3 is 25.7 Å². The van der Waals surface area contributed by atoms with Crippen LogP contribution >= 0.6 is 7.82 Å². The lowest BCUT2D eigenvalue weighted by atomic mass is 10.1.